The number of nitriles is 1. The molecule has 0 aliphatic heterocycles. The Morgan fingerprint density at radius 3 is 2.83 bits per heavy atom. The van der Waals surface area contributed by atoms with Gasteiger partial charge < -0.3 is 10.5 Å². The zero-order chi connectivity index (χ0) is 20.1. The van der Waals surface area contributed by atoms with Gasteiger partial charge >= 0.3 is 0 Å². The molecular weight excluding hydrogens is 369 g/mol. The van der Waals surface area contributed by atoms with Gasteiger partial charge in [0.1, 0.15) is 17.7 Å². The molecule has 3 aromatic rings. The van der Waals surface area contributed by atoms with Gasteiger partial charge in [0.15, 0.2) is 5.82 Å². The number of rotatable bonds is 5. The van der Waals surface area contributed by atoms with E-state index < -0.39 is 17.1 Å². The summed E-state index contributed by atoms with van der Waals surface area (Å²) in [4.78, 5) is 4.34. The van der Waals surface area contributed by atoms with Gasteiger partial charge in [0, 0.05) is 18.0 Å². The molecule has 2 fully saturated rings. The number of nitrogens with two attached hydrogens (primary N) is 1. The third-order valence-corrected chi connectivity index (χ3v) is 6.58. The minimum absolute atomic E-state index is 0.192. The smallest absolute Gasteiger partial charge is 0.227 e. The molecule has 7 heteroatoms. The van der Waals surface area contributed by atoms with Crippen LogP contribution in [0.25, 0.3) is 10.9 Å². The van der Waals surface area contributed by atoms with Crippen LogP contribution < -0.4 is 10.5 Å². The molecule has 5 rings (SSSR count). The summed E-state index contributed by atoms with van der Waals surface area (Å²) >= 11 is 0. The number of pyridine rings is 1. The Kier molecular flexibility index (Phi) is 3.98. The highest BCUT2D eigenvalue weighted by molar-refractivity contribution is 5.93. The Labute approximate surface area is 168 Å². The quantitative estimate of drug-likeness (QED) is 0.699. The van der Waals surface area contributed by atoms with Crippen molar-refractivity contribution in [3.05, 3.63) is 48.2 Å². The first-order valence-corrected chi connectivity index (χ1v) is 9.96. The molecule has 0 saturated heterocycles. The van der Waals surface area contributed by atoms with E-state index in [1.807, 2.05) is 30.3 Å². The number of alkyl halides is 1. The first-order chi connectivity index (χ1) is 14.1. The van der Waals surface area contributed by atoms with Crippen LogP contribution in [0.2, 0.25) is 0 Å². The Bertz CT molecular complexity index is 1110. The summed E-state index contributed by atoms with van der Waals surface area (Å²) in [6.07, 6.45) is 4.76. The topological polar surface area (TPSA) is 89.8 Å². The second kappa shape index (κ2) is 6.45. The van der Waals surface area contributed by atoms with Gasteiger partial charge in [0.05, 0.1) is 17.6 Å². The van der Waals surface area contributed by atoms with E-state index in [9.17, 15) is 5.26 Å². The standard InChI is InChI=1S/C22H22FN5O/c23-22-10-5-4-9-21(22,11-12-24)20(22)28-16-8-13-26-19(17(16)18(25)27-28)29-14-15-6-2-1-3-7-15/h1-3,6-8,13,20H,4-5,9-11,14H2,(H2,25,27). The van der Waals surface area contributed by atoms with Gasteiger partial charge in [-0.15, -0.1) is 0 Å². The van der Waals surface area contributed by atoms with Crippen molar-refractivity contribution in [2.75, 3.05) is 5.73 Å². The predicted molar refractivity (Wildman–Crippen MR) is 107 cm³/mol. The summed E-state index contributed by atoms with van der Waals surface area (Å²) in [7, 11) is 0. The number of fused-ring (bicyclic) bond motifs is 2. The summed E-state index contributed by atoms with van der Waals surface area (Å²) in [5.74, 6) is 0.663. The monoisotopic (exact) mass is 391 g/mol. The minimum Gasteiger partial charge on any atom is -0.472 e. The summed E-state index contributed by atoms with van der Waals surface area (Å²) in [5, 5.41) is 14.4. The van der Waals surface area contributed by atoms with Crippen LogP contribution in [0.15, 0.2) is 42.6 Å². The fourth-order valence-corrected chi connectivity index (χ4v) is 5.17. The molecule has 2 aliphatic carbocycles. The number of aromatic nitrogens is 3. The van der Waals surface area contributed by atoms with Gasteiger partial charge in [0.25, 0.3) is 0 Å². The van der Waals surface area contributed by atoms with Crippen molar-refractivity contribution in [3.63, 3.8) is 0 Å². The zero-order valence-corrected chi connectivity index (χ0v) is 16.0. The molecule has 2 N–H and O–H groups in total. The third-order valence-electron chi connectivity index (χ3n) is 6.58. The molecule has 0 bridgehead atoms. The molecule has 2 aromatic heterocycles. The number of nitrogen functional groups attached to an aromatic ring is 1. The van der Waals surface area contributed by atoms with E-state index in [-0.39, 0.29) is 12.2 Å². The number of benzene rings is 1. The molecule has 1 aromatic carbocycles. The van der Waals surface area contributed by atoms with Gasteiger partial charge in [-0.05, 0) is 24.5 Å². The highest BCUT2D eigenvalue weighted by atomic mass is 19.1. The van der Waals surface area contributed by atoms with Gasteiger partial charge in [-0.1, -0.05) is 43.2 Å². The Morgan fingerprint density at radius 2 is 2.03 bits per heavy atom. The van der Waals surface area contributed by atoms with Crippen molar-refractivity contribution in [2.45, 2.75) is 50.4 Å². The van der Waals surface area contributed by atoms with Crippen molar-refractivity contribution >= 4 is 16.7 Å². The third kappa shape index (κ3) is 2.52. The molecule has 148 valence electrons. The van der Waals surface area contributed by atoms with Crippen LogP contribution in [0.4, 0.5) is 10.2 Å². The summed E-state index contributed by atoms with van der Waals surface area (Å²) < 4.78 is 23.5. The molecule has 0 spiro atoms. The molecule has 2 saturated carbocycles. The van der Waals surface area contributed by atoms with Crippen LogP contribution in [0.5, 0.6) is 5.88 Å². The van der Waals surface area contributed by atoms with Crippen LogP contribution in [0.3, 0.4) is 0 Å². The second-order valence-corrected chi connectivity index (χ2v) is 8.08. The van der Waals surface area contributed by atoms with E-state index in [1.54, 1.807) is 16.9 Å². The first kappa shape index (κ1) is 17.9. The van der Waals surface area contributed by atoms with E-state index in [4.69, 9.17) is 10.5 Å². The van der Waals surface area contributed by atoms with Crippen LogP contribution in [-0.4, -0.2) is 20.4 Å². The number of nitrogens with zero attached hydrogens (tertiary/aromatic N) is 4. The lowest BCUT2D eigenvalue weighted by Gasteiger charge is -2.21. The Balaban J connectivity index is 1.53. The average Bonchev–Trinajstić information content (AvgIpc) is 3.13. The molecule has 2 aliphatic rings. The summed E-state index contributed by atoms with van der Waals surface area (Å²) in [6, 6.07) is 13.3. The van der Waals surface area contributed by atoms with Crippen LogP contribution in [0, 0.1) is 16.7 Å². The molecule has 3 unspecified atom stereocenters. The van der Waals surface area contributed by atoms with Crippen LogP contribution >= 0.6 is 0 Å². The number of ether oxygens (including phenoxy) is 1. The summed E-state index contributed by atoms with van der Waals surface area (Å²) in [6.45, 7) is 0.354. The van der Waals surface area contributed by atoms with Crippen molar-refractivity contribution < 1.29 is 9.13 Å². The lowest BCUT2D eigenvalue weighted by molar-refractivity contribution is 0.164. The Hall–Kier alpha value is -3.14. The molecule has 0 radical (unpaired) electrons. The number of hydrogen-bond acceptors (Lipinski definition) is 5. The normalized spacial score (nSPS) is 27.9. The van der Waals surface area contributed by atoms with E-state index in [1.165, 1.54) is 0 Å². The highest BCUT2D eigenvalue weighted by Gasteiger charge is 2.79. The molecule has 3 atom stereocenters. The van der Waals surface area contributed by atoms with Crippen LogP contribution in [0.1, 0.15) is 43.7 Å². The predicted octanol–water partition coefficient (Wildman–Crippen LogP) is 4.33. The number of halogens is 1. The highest BCUT2D eigenvalue weighted by Crippen LogP contribution is 2.76. The largest absolute Gasteiger partial charge is 0.472 e. The molecule has 2 heterocycles. The lowest BCUT2D eigenvalue weighted by Crippen LogP contribution is -2.19. The number of anilines is 1. The number of hydrogen-bond donors (Lipinski definition) is 1. The second-order valence-electron chi connectivity index (χ2n) is 8.08. The SMILES string of the molecule is N#CCC12CCCCC1(F)C2n1nc(N)c2c(OCc3ccccc3)nccc21. The van der Waals surface area contributed by atoms with E-state index in [0.29, 0.717) is 36.2 Å². The van der Waals surface area contributed by atoms with E-state index >= 15 is 4.39 Å². The summed E-state index contributed by atoms with van der Waals surface area (Å²) in [5.41, 5.74) is 5.87. The van der Waals surface area contributed by atoms with Crippen molar-refractivity contribution in [1.29, 1.82) is 5.26 Å². The maximum Gasteiger partial charge on any atom is 0.227 e. The van der Waals surface area contributed by atoms with Gasteiger partial charge in [-0.2, -0.15) is 10.4 Å². The zero-order valence-electron chi connectivity index (χ0n) is 16.0. The van der Waals surface area contributed by atoms with E-state index in [0.717, 1.165) is 18.4 Å². The van der Waals surface area contributed by atoms with E-state index in [2.05, 4.69) is 16.2 Å². The van der Waals surface area contributed by atoms with Crippen molar-refractivity contribution in [2.24, 2.45) is 5.41 Å². The maximum atomic E-state index is 15.8. The first-order valence-electron chi connectivity index (χ1n) is 9.96. The van der Waals surface area contributed by atoms with Crippen molar-refractivity contribution in [1.82, 2.24) is 14.8 Å². The maximum absolute atomic E-state index is 15.8. The lowest BCUT2D eigenvalue weighted by atomic mass is 9.85. The Morgan fingerprint density at radius 1 is 1.24 bits per heavy atom. The average molecular weight is 391 g/mol. The molecule has 0 amide bonds. The van der Waals surface area contributed by atoms with Gasteiger partial charge in [0.2, 0.25) is 5.88 Å². The van der Waals surface area contributed by atoms with Gasteiger partial charge in [-0.25, -0.2) is 9.37 Å². The van der Waals surface area contributed by atoms with Crippen LogP contribution in [-0.2, 0) is 6.61 Å². The fraction of sp³-hybridized carbons (Fsp3) is 0.409. The minimum atomic E-state index is -1.40. The van der Waals surface area contributed by atoms with Crippen molar-refractivity contribution in [3.8, 4) is 11.9 Å². The molecule has 6 nitrogen and oxygen atoms in total. The molecular formula is C22H22FN5O. The molecule has 29 heavy (non-hydrogen) atoms. The van der Waals surface area contributed by atoms with Gasteiger partial charge in [-0.3, -0.25) is 4.68 Å². The fourth-order valence-electron chi connectivity index (χ4n) is 5.17.